The van der Waals surface area contributed by atoms with Crippen LogP contribution in [0.15, 0.2) is 48.5 Å². The van der Waals surface area contributed by atoms with Crippen LogP contribution in [-0.4, -0.2) is 20.9 Å². The molecule has 0 bridgehead atoms. The van der Waals surface area contributed by atoms with Gasteiger partial charge in [-0.15, -0.1) is 0 Å². The minimum atomic E-state index is -0.142. The van der Waals surface area contributed by atoms with Crippen LogP contribution in [-0.2, 0) is 6.61 Å². The normalized spacial score (nSPS) is 10.8. The van der Waals surface area contributed by atoms with Crippen molar-refractivity contribution in [2.24, 2.45) is 0 Å². The number of aromatic amines is 1. The van der Waals surface area contributed by atoms with Gasteiger partial charge in [-0.1, -0.05) is 30.3 Å². The maximum absolute atomic E-state index is 12.3. The van der Waals surface area contributed by atoms with E-state index in [9.17, 15) is 4.79 Å². The summed E-state index contributed by atoms with van der Waals surface area (Å²) in [6.45, 7) is -0.142. The van der Waals surface area contributed by atoms with E-state index in [-0.39, 0.29) is 12.4 Å². The Morgan fingerprint density at radius 3 is 2.63 bits per heavy atom. The zero-order valence-corrected chi connectivity index (χ0v) is 10.1. The highest BCUT2D eigenvalue weighted by Crippen LogP contribution is 2.16. The number of carbonyl (C=O) groups excluding carboxylic acids is 1. The lowest BCUT2D eigenvalue weighted by Gasteiger charge is -2.00. The molecule has 3 rings (SSSR count). The van der Waals surface area contributed by atoms with Crippen LogP contribution in [0.5, 0.6) is 0 Å². The minimum absolute atomic E-state index is 0.0314. The molecule has 4 nitrogen and oxygen atoms in total. The Labute approximate surface area is 109 Å². The Morgan fingerprint density at radius 1 is 1.11 bits per heavy atom. The average Bonchev–Trinajstić information content (AvgIpc) is 2.89. The fourth-order valence-electron chi connectivity index (χ4n) is 2.03. The highest BCUT2D eigenvalue weighted by Gasteiger charge is 2.10. The van der Waals surface area contributed by atoms with Crippen molar-refractivity contribution < 1.29 is 9.90 Å². The van der Waals surface area contributed by atoms with E-state index in [1.807, 2.05) is 18.2 Å². The van der Waals surface area contributed by atoms with Crippen LogP contribution in [0.2, 0.25) is 0 Å². The van der Waals surface area contributed by atoms with Gasteiger partial charge in [0, 0.05) is 11.1 Å². The second-order valence-corrected chi connectivity index (χ2v) is 4.27. The predicted octanol–water partition coefficient (Wildman–Crippen LogP) is 2.29. The smallest absolute Gasteiger partial charge is 0.193 e. The number of nitrogens with one attached hydrogen (secondary N) is 1. The van der Waals surface area contributed by atoms with Gasteiger partial charge in [0.25, 0.3) is 0 Å². The fourth-order valence-corrected chi connectivity index (χ4v) is 2.03. The van der Waals surface area contributed by atoms with Gasteiger partial charge < -0.3 is 10.1 Å². The Morgan fingerprint density at radius 2 is 1.89 bits per heavy atom. The van der Waals surface area contributed by atoms with Gasteiger partial charge in [0.05, 0.1) is 11.0 Å². The first-order valence-electron chi connectivity index (χ1n) is 5.97. The number of H-pyrrole nitrogens is 1. The molecule has 0 aliphatic carbocycles. The third kappa shape index (κ3) is 2.13. The number of rotatable bonds is 3. The SMILES string of the molecule is O=C(c1ccccc1)c1ccc2[nH]c(CO)nc2c1. The van der Waals surface area contributed by atoms with E-state index in [4.69, 9.17) is 5.11 Å². The van der Waals surface area contributed by atoms with E-state index >= 15 is 0 Å². The number of imidazole rings is 1. The van der Waals surface area contributed by atoms with E-state index < -0.39 is 0 Å². The van der Waals surface area contributed by atoms with Gasteiger partial charge in [-0.2, -0.15) is 0 Å². The zero-order chi connectivity index (χ0) is 13.2. The number of benzene rings is 2. The van der Waals surface area contributed by atoms with E-state index in [1.165, 1.54) is 0 Å². The number of aliphatic hydroxyl groups is 1. The maximum atomic E-state index is 12.3. The lowest BCUT2D eigenvalue weighted by molar-refractivity contribution is 0.103. The van der Waals surface area contributed by atoms with Crippen molar-refractivity contribution in [2.45, 2.75) is 6.61 Å². The van der Waals surface area contributed by atoms with E-state index in [0.29, 0.717) is 22.5 Å². The lowest BCUT2D eigenvalue weighted by Crippen LogP contribution is -2.00. The molecule has 0 radical (unpaired) electrons. The number of nitrogens with zero attached hydrogens (tertiary/aromatic N) is 1. The standard InChI is InChI=1S/C15H12N2O2/c18-9-14-16-12-7-6-11(8-13(12)17-14)15(19)10-4-2-1-3-5-10/h1-8,18H,9H2,(H,16,17). The number of hydrogen-bond acceptors (Lipinski definition) is 3. The van der Waals surface area contributed by atoms with Crippen molar-refractivity contribution in [1.29, 1.82) is 0 Å². The molecule has 0 saturated heterocycles. The number of ketones is 1. The monoisotopic (exact) mass is 252 g/mol. The lowest BCUT2D eigenvalue weighted by atomic mass is 10.0. The first-order valence-corrected chi connectivity index (χ1v) is 5.97. The van der Waals surface area contributed by atoms with E-state index in [2.05, 4.69) is 9.97 Å². The number of hydrogen-bond donors (Lipinski definition) is 2. The molecule has 0 aliphatic heterocycles. The van der Waals surface area contributed by atoms with Crippen LogP contribution in [0.25, 0.3) is 11.0 Å². The summed E-state index contributed by atoms with van der Waals surface area (Å²) in [7, 11) is 0. The molecular formula is C15H12N2O2. The quantitative estimate of drug-likeness (QED) is 0.703. The van der Waals surface area contributed by atoms with Crippen LogP contribution in [0.3, 0.4) is 0 Å². The van der Waals surface area contributed by atoms with Crippen molar-refractivity contribution in [3.63, 3.8) is 0 Å². The van der Waals surface area contributed by atoms with Crippen molar-refractivity contribution in [2.75, 3.05) is 0 Å². The first kappa shape index (κ1) is 11.6. The van der Waals surface area contributed by atoms with Gasteiger partial charge in [0.1, 0.15) is 12.4 Å². The van der Waals surface area contributed by atoms with Crippen LogP contribution in [0.4, 0.5) is 0 Å². The molecule has 1 aromatic heterocycles. The average molecular weight is 252 g/mol. The van der Waals surface area contributed by atoms with Crippen molar-refractivity contribution in [3.8, 4) is 0 Å². The summed E-state index contributed by atoms with van der Waals surface area (Å²) in [6.07, 6.45) is 0. The number of aromatic nitrogens is 2. The molecule has 0 atom stereocenters. The molecule has 19 heavy (non-hydrogen) atoms. The zero-order valence-electron chi connectivity index (χ0n) is 10.1. The number of aliphatic hydroxyl groups excluding tert-OH is 1. The second-order valence-electron chi connectivity index (χ2n) is 4.27. The third-order valence-electron chi connectivity index (χ3n) is 2.98. The molecule has 1 heterocycles. The topological polar surface area (TPSA) is 66.0 Å². The van der Waals surface area contributed by atoms with Crippen LogP contribution in [0, 0.1) is 0 Å². The van der Waals surface area contributed by atoms with Gasteiger partial charge >= 0.3 is 0 Å². The molecular weight excluding hydrogens is 240 g/mol. The molecule has 0 fully saturated rings. The van der Waals surface area contributed by atoms with Crippen molar-refractivity contribution >= 4 is 16.8 Å². The predicted molar refractivity (Wildman–Crippen MR) is 71.9 cm³/mol. The summed E-state index contributed by atoms with van der Waals surface area (Å²) in [4.78, 5) is 19.5. The van der Waals surface area contributed by atoms with Crippen LogP contribution in [0.1, 0.15) is 21.7 Å². The first-order chi connectivity index (χ1) is 9.28. The van der Waals surface area contributed by atoms with Crippen LogP contribution >= 0.6 is 0 Å². The van der Waals surface area contributed by atoms with Crippen molar-refractivity contribution in [3.05, 3.63) is 65.5 Å². The summed E-state index contributed by atoms with van der Waals surface area (Å²) in [5.74, 6) is 0.468. The molecule has 0 saturated carbocycles. The molecule has 0 aliphatic rings. The Hall–Kier alpha value is -2.46. The van der Waals surface area contributed by atoms with Crippen molar-refractivity contribution in [1.82, 2.24) is 9.97 Å². The molecule has 0 amide bonds. The molecule has 4 heteroatoms. The summed E-state index contributed by atoms with van der Waals surface area (Å²) < 4.78 is 0. The molecule has 94 valence electrons. The van der Waals surface area contributed by atoms with Crippen LogP contribution < -0.4 is 0 Å². The van der Waals surface area contributed by atoms with E-state index in [0.717, 1.165) is 5.52 Å². The second kappa shape index (κ2) is 4.66. The van der Waals surface area contributed by atoms with Gasteiger partial charge in [-0.25, -0.2) is 4.98 Å². The van der Waals surface area contributed by atoms with Gasteiger partial charge in [0.15, 0.2) is 5.78 Å². The van der Waals surface area contributed by atoms with Gasteiger partial charge in [-0.05, 0) is 18.2 Å². The minimum Gasteiger partial charge on any atom is -0.388 e. The molecule has 0 spiro atoms. The molecule has 2 N–H and O–H groups in total. The largest absolute Gasteiger partial charge is 0.388 e. The highest BCUT2D eigenvalue weighted by molar-refractivity contribution is 6.10. The fraction of sp³-hybridized carbons (Fsp3) is 0.0667. The van der Waals surface area contributed by atoms with Gasteiger partial charge in [-0.3, -0.25) is 4.79 Å². The Kier molecular flexibility index (Phi) is 2.85. The molecule has 0 unspecified atom stereocenters. The maximum Gasteiger partial charge on any atom is 0.193 e. The molecule has 2 aromatic carbocycles. The highest BCUT2D eigenvalue weighted by atomic mass is 16.3. The Balaban J connectivity index is 2.03. The molecule has 3 aromatic rings. The summed E-state index contributed by atoms with van der Waals surface area (Å²) >= 11 is 0. The summed E-state index contributed by atoms with van der Waals surface area (Å²) in [6, 6.07) is 14.4. The van der Waals surface area contributed by atoms with Gasteiger partial charge in [0.2, 0.25) is 0 Å². The summed E-state index contributed by atoms with van der Waals surface area (Å²) in [5.41, 5.74) is 2.74. The Bertz CT molecular complexity index is 732. The number of fused-ring (bicyclic) bond motifs is 1. The van der Waals surface area contributed by atoms with E-state index in [1.54, 1.807) is 30.3 Å². The summed E-state index contributed by atoms with van der Waals surface area (Å²) in [5, 5.41) is 9.03. The third-order valence-corrected chi connectivity index (χ3v) is 2.98. The number of carbonyl (C=O) groups is 1.